The molecule has 0 aliphatic heterocycles. The summed E-state index contributed by atoms with van der Waals surface area (Å²) in [6.07, 6.45) is -6.93. The highest BCUT2D eigenvalue weighted by molar-refractivity contribution is 7.87. The van der Waals surface area contributed by atoms with Gasteiger partial charge in [0.15, 0.2) is 6.35 Å². The molecule has 1 aromatic rings. The van der Waals surface area contributed by atoms with Crippen molar-refractivity contribution in [2.45, 2.75) is 37.9 Å². The van der Waals surface area contributed by atoms with Gasteiger partial charge in [-0.25, -0.2) is 9.78 Å². The Balaban J connectivity index is 3.21. The number of hydrogen-bond donors (Lipinski definition) is 0. The SMILES string of the molecule is CCOOP(=O)(COS(=O)(=O)c1c(OC)cccc1C(F)(F)F)OOC(C)C. The van der Waals surface area contributed by atoms with E-state index in [2.05, 4.69) is 23.3 Å². The molecule has 0 fully saturated rings. The second kappa shape index (κ2) is 10.0. The summed E-state index contributed by atoms with van der Waals surface area (Å²) in [7, 11) is -8.57. The third-order valence-corrected chi connectivity index (χ3v) is 5.37. The highest BCUT2D eigenvalue weighted by atomic mass is 32.2. The van der Waals surface area contributed by atoms with Gasteiger partial charge in [0, 0.05) is 0 Å². The van der Waals surface area contributed by atoms with Crippen LogP contribution in [0.5, 0.6) is 5.75 Å². The van der Waals surface area contributed by atoms with Gasteiger partial charge in [-0.1, -0.05) is 6.07 Å². The minimum Gasteiger partial charge on any atom is -0.495 e. The summed E-state index contributed by atoms with van der Waals surface area (Å²) in [5.74, 6) is -0.616. The van der Waals surface area contributed by atoms with Crippen molar-refractivity contribution in [3.05, 3.63) is 23.8 Å². The Hall–Kier alpha value is -1.21. The second-order valence-electron chi connectivity index (χ2n) is 5.35. The number of rotatable bonds is 11. The fourth-order valence-corrected chi connectivity index (χ4v) is 4.41. The molecule has 0 saturated heterocycles. The van der Waals surface area contributed by atoms with Gasteiger partial charge in [-0.05, 0) is 32.9 Å². The average Bonchev–Trinajstić information content (AvgIpc) is 2.62. The maximum atomic E-state index is 13.2. The number of halogens is 3. The van der Waals surface area contributed by atoms with Crippen LogP contribution in [0.2, 0.25) is 0 Å². The molecule has 0 bridgehead atoms. The van der Waals surface area contributed by atoms with E-state index in [4.69, 9.17) is 4.74 Å². The largest absolute Gasteiger partial charge is 0.495 e. The molecule has 162 valence electrons. The first-order valence-corrected chi connectivity index (χ1v) is 10.9. The van der Waals surface area contributed by atoms with Crippen molar-refractivity contribution in [1.82, 2.24) is 0 Å². The topological polar surface area (TPSA) is 107 Å². The maximum absolute atomic E-state index is 13.2. The van der Waals surface area contributed by atoms with Crippen molar-refractivity contribution in [3.8, 4) is 5.75 Å². The van der Waals surface area contributed by atoms with E-state index < -0.39 is 52.6 Å². The average molecular weight is 452 g/mol. The molecule has 1 aromatic carbocycles. The van der Waals surface area contributed by atoms with Gasteiger partial charge in [-0.15, -0.1) is 9.35 Å². The predicted molar refractivity (Wildman–Crippen MR) is 88.8 cm³/mol. The number of ether oxygens (including phenoxy) is 1. The third kappa shape index (κ3) is 6.99. The molecule has 0 spiro atoms. The summed E-state index contributed by atoms with van der Waals surface area (Å²) in [5, 5.41) is 0. The Labute approximate surface area is 160 Å². The summed E-state index contributed by atoms with van der Waals surface area (Å²) < 4.78 is 95.2. The van der Waals surface area contributed by atoms with Crippen molar-refractivity contribution >= 4 is 17.7 Å². The predicted octanol–water partition coefficient (Wildman–Crippen LogP) is 3.89. The van der Waals surface area contributed by atoms with Gasteiger partial charge in [0.25, 0.3) is 0 Å². The molecule has 14 heteroatoms. The molecule has 1 rings (SSSR count). The highest BCUT2D eigenvalue weighted by Crippen LogP contribution is 2.50. The molecular weight excluding hydrogens is 432 g/mol. The van der Waals surface area contributed by atoms with Crippen molar-refractivity contribution < 1.29 is 54.2 Å². The molecule has 1 unspecified atom stereocenters. The molecule has 0 heterocycles. The van der Waals surface area contributed by atoms with E-state index in [0.29, 0.717) is 6.07 Å². The van der Waals surface area contributed by atoms with Crippen LogP contribution >= 0.6 is 7.60 Å². The fourth-order valence-electron chi connectivity index (χ4n) is 1.69. The van der Waals surface area contributed by atoms with Crippen molar-refractivity contribution in [2.24, 2.45) is 0 Å². The zero-order chi connectivity index (χ0) is 21.6. The lowest BCUT2D eigenvalue weighted by Gasteiger charge is -2.19. The monoisotopic (exact) mass is 452 g/mol. The van der Waals surface area contributed by atoms with Crippen molar-refractivity contribution in [2.75, 3.05) is 20.1 Å². The second-order valence-corrected chi connectivity index (χ2v) is 8.68. The molecule has 0 radical (unpaired) electrons. The molecule has 1 atom stereocenters. The third-order valence-electron chi connectivity index (χ3n) is 2.75. The van der Waals surface area contributed by atoms with Crippen LogP contribution in [0.3, 0.4) is 0 Å². The lowest BCUT2D eigenvalue weighted by molar-refractivity contribution is -0.280. The number of methoxy groups -OCH3 is 1. The van der Waals surface area contributed by atoms with Crippen molar-refractivity contribution in [1.29, 1.82) is 0 Å². The molecule has 0 amide bonds. The van der Waals surface area contributed by atoms with E-state index in [-0.39, 0.29) is 6.61 Å². The van der Waals surface area contributed by atoms with Crippen LogP contribution < -0.4 is 4.74 Å². The van der Waals surface area contributed by atoms with Crippen LogP contribution in [0, 0.1) is 0 Å². The molecule has 0 aliphatic rings. The Morgan fingerprint density at radius 3 is 2.32 bits per heavy atom. The quantitative estimate of drug-likeness (QED) is 0.214. The molecule has 9 nitrogen and oxygen atoms in total. The van der Waals surface area contributed by atoms with Crippen LogP contribution in [0.1, 0.15) is 26.3 Å². The first-order valence-electron chi connectivity index (χ1n) is 7.75. The van der Waals surface area contributed by atoms with Crippen LogP contribution in [0.25, 0.3) is 0 Å². The molecule has 0 aromatic heterocycles. The zero-order valence-corrected chi connectivity index (χ0v) is 17.1. The van der Waals surface area contributed by atoms with Crippen LogP contribution in [-0.2, 0) is 44.2 Å². The zero-order valence-electron chi connectivity index (χ0n) is 15.4. The van der Waals surface area contributed by atoms with Crippen LogP contribution in [0.15, 0.2) is 23.1 Å². The van der Waals surface area contributed by atoms with Gasteiger partial charge in [-0.3, -0.25) is 8.75 Å². The van der Waals surface area contributed by atoms with E-state index in [1.54, 1.807) is 0 Å². The summed E-state index contributed by atoms with van der Waals surface area (Å²) in [4.78, 5) is 7.85. The summed E-state index contributed by atoms with van der Waals surface area (Å²) in [5.41, 5.74) is -1.52. The van der Waals surface area contributed by atoms with Gasteiger partial charge in [0.2, 0.25) is 0 Å². The van der Waals surface area contributed by atoms with Crippen molar-refractivity contribution in [3.63, 3.8) is 0 Å². The minimum atomic E-state index is -5.10. The van der Waals surface area contributed by atoms with E-state index in [9.17, 15) is 26.2 Å². The smallest absolute Gasteiger partial charge is 0.417 e. The number of hydrogen-bond acceptors (Lipinski definition) is 9. The Morgan fingerprint density at radius 2 is 1.82 bits per heavy atom. The van der Waals surface area contributed by atoms with E-state index in [0.717, 1.165) is 19.2 Å². The lowest BCUT2D eigenvalue weighted by Crippen LogP contribution is -2.18. The van der Waals surface area contributed by atoms with Gasteiger partial charge >= 0.3 is 23.9 Å². The molecule has 0 N–H and O–H groups in total. The molecule has 0 aliphatic carbocycles. The standard InChI is InChI=1S/C14H20F3O9PS/c1-5-22-25-27(18,26-24-10(2)3)9-23-28(19,20)13-11(14(15,16)17)7-6-8-12(13)21-4/h6-8,10H,5,9H2,1-4H3. The molecule has 28 heavy (non-hydrogen) atoms. The van der Waals surface area contributed by atoms with Gasteiger partial charge in [0.1, 0.15) is 10.6 Å². The minimum absolute atomic E-state index is 0.0908. The summed E-state index contributed by atoms with van der Waals surface area (Å²) in [6.45, 7) is 4.39. The normalized spacial score (nSPS) is 14.9. The number of benzene rings is 1. The Bertz CT molecular complexity index is 796. The van der Waals surface area contributed by atoms with Gasteiger partial charge in [0.05, 0.1) is 25.4 Å². The maximum Gasteiger partial charge on any atom is 0.417 e. The van der Waals surface area contributed by atoms with Crippen LogP contribution in [0.4, 0.5) is 13.2 Å². The van der Waals surface area contributed by atoms with Gasteiger partial charge in [-0.2, -0.15) is 21.6 Å². The summed E-state index contributed by atoms with van der Waals surface area (Å²) >= 11 is 0. The van der Waals surface area contributed by atoms with Gasteiger partial charge < -0.3 is 4.74 Å². The lowest BCUT2D eigenvalue weighted by atomic mass is 10.2. The van der Waals surface area contributed by atoms with E-state index in [1.165, 1.54) is 20.8 Å². The van der Waals surface area contributed by atoms with Crippen LogP contribution in [-0.4, -0.2) is 34.6 Å². The molecular formula is C14H20F3O9PS. The molecule has 0 saturated carbocycles. The first kappa shape index (κ1) is 24.8. The number of alkyl halides is 3. The van der Waals surface area contributed by atoms with E-state index >= 15 is 0 Å². The Kier molecular flexibility index (Phi) is 8.88. The fraction of sp³-hybridized carbons (Fsp3) is 0.571. The highest BCUT2D eigenvalue weighted by Gasteiger charge is 2.41. The summed E-state index contributed by atoms with van der Waals surface area (Å²) in [6, 6.07) is 2.50. The Morgan fingerprint density at radius 1 is 1.18 bits per heavy atom. The first-order chi connectivity index (χ1) is 12.9. The van der Waals surface area contributed by atoms with E-state index in [1.807, 2.05) is 0 Å².